The summed E-state index contributed by atoms with van der Waals surface area (Å²) in [5, 5.41) is 10.5. The van der Waals surface area contributed by atoms with Gasteiger partial charge in [0.1, 0.15) is 0 Å². The van der Waals surface area contributed by atoms with Crippen molar-refractivity contribution in [2.45, 2.75) is 57.5 Å². The lowest BCUT2D eigenvalue weighted by atomic mass is 9.87. The first-order valence-corrected chi connectivity index (χ1v) is 23.4. The fourth-order valence-electron chi connectivity index (χ4n) is 6.36. The van der Waals surface area contributed by atoms with Crippen LogP contribution in [0.1, 0.15) is 48.0 Å². The van der Waals surface area contributed by atoms with Crippen molar-refractivity contribution in [3.63, 3.8) is 0 Å². The molecule has 0 radical (unpaired) electrons. The number of thioether (sulfide) groups is 1. The molecule has 58 heavy (non-hydrogen) atoms. The summed E-state index contributed by atoms with van der Waals surface area (Å²) < 4.78 is 78.9. The molecule has 0 aromatic heterocycles. The van der Waals surface area contributed by atoms with Crippen molar-refractivity contribution in [2.75, 3.05) is 56.7 Å². The average molecular weight is 895 g/mol. The summed E-state index contributed by atoms with van der Waals surface area (Å²) in [5.41, 5.74) is 4.40. The Morgan fingerprint density at radius 1 is 0.897 bits per heavy atom. The lowest BCUT2D eigenvalue weighted by molar-refractivity contribution is 0.0981. The van der Waals surface area contributed by atoms with Crippen molar-refractivity contribution in [3.8, 4) is 0 Å². The van der Waals surface area contributed by atoms with Crippen LogP contribution in [0.25, 0.3) is 5.57 Å². The van der Waals surface area contributed by atoms with Gasteiger partial charge in [-0.25, -0.2) is 21.6 Å². The van der Waals surface area contributed by atoms with Gasteiger partial charge in [0.05, 0.1) is 15.5 Å². The van der Waals surface area contributed by atoms with Gasteiger partial charge in [0.25, 0.3) is 25.8 Å². The molecule has 0 unspecified atom stereocenters. The Morgan fingerprint density at radius 2 is 1.59 bits per heavy atom. The van der Waals surface area contributed by atoms with Crippen LogP contribution in [0.3, 0.4) is 0 Å². The molecule has 4 N–H and O–H groups in total. The predicted molar refractivity (Wildman–Crippen MR) is 231 cm³/mol. The van der Waals surface area contributed by atoms with Crippen LogP contribution in [0.2, 0.25) is 5.02 Å². The van der Waals surface area contributed by atoms with Gasteiger partial charge in [0.15, 0.2) is 0 Å². The van der Waals surface area contributed by atoms with Gasteiger partial charge in [-0.3, -0.25) is 4.79 Å². The highest BCUT2D eigenvalue weighted by molar-refractivity contribution is 7.99. The Hall–Kier alpha value is -3.70. The first kappa shape index (κ1) is 45.4. The monoisotopic (exact) mass is 893 g/mol. The standard InChI is InChI=1S/C41H47Cl2F2N5O5S3/c1-50(2)25-22-34(28-56-35-9-4-3-5-10-35)48-38-21-20-36(26-39(38)57(52,53)41(43,44)45)58(54,55)49-40(51)30-14-18-33(19-15-30)47-24-23-46-27-31-8-6-7-11-37(31)29-12-16-32(42)17-13-29/h3-5,9-10,12-21,26,34,46-48H,6-8,11,22-25,27-28H2,1-2H3,(H,49,51)/t34-/m1/s1. The minimum absolute atomic E-state index is 0.00397. The van der Waals surface area contributed by atoms with Crippen molar-refractivity contribution in [2.24, 2.45) is 0 Å². The van der Waals surface area contributed by atoms with E-state index < -0.39 is 46.3 Å². The molecule has 1 atom stereocenters. The predicted octanol–water partition coefficient (Wildman–Crippen LogP) is 8.58. The van der Waals surface area contributed by atoms with E-state index in [1.807, 2.05) is 66.2 Å². The third kappa shape index (κ3) is 12.7. The first-order valence-electron chi connectivity index (χ1n) is 18.7. The molecule has 1 aliphatic carbocycles. The summed E-state index contributed by atoms with van der Waals surface area (Å²) >= 11 is 12.6. The van der Waals surface area contributed by atoms with Crippen molar-refractivity contribution < 1.29 is 30.4 Å². The lowest BCUT2D eigenvalue weighted by Crippen LogP contribution is -2.32. The average Bonchev–Trinajstić information content (AvgIpc) is 3.19. The number of rotatable bonds is 20. The van der Waals surface area contributed by atoms with Crippen LogP contribution in [-0.2, 0) is 19.9 Å². The number of anilines is 2. The fourth-order valence-corrected chi connectivity index (χ4v) is 9.75. The normalized spacial score (nSPS) is 14.3. The van der Waals surface area contributed by atoms with E-state index in [-0.39, 0.29) is 11.3 Å². The minimum atomic E-state index is -5.59. The molecule has 5 rings (SSSR count). The van der Waals surface area contributed by atoms with Gasteiger partial charge in [0, 0.05) is 52.6 Å². The van der Waals surface area contributed by atoms with E-state index >= 15 is 0 Å². The third-order valence-corrected chi connectivity index (χ3v) is 14.3. The molecule has 0 fully saturated rings. The van der Waals surface area contributed by atoms with E-state index in [1.165, 1.54) is 40.6 Å². The SMILES string of the molecule is CN(C)CC[C@H](CSc1ccccc1)Nc1ccc(S(=O)(=O)NC(=O)c2ccc(NCCNCC3=C(c4ccc(Cl)cc4)CCCC3)cc2)cc1S(=O)(=O)C(F)(F)Cl. The molecule has 0 spiro atoms. The fraction of sp³-hybridized carbons (Fsp3) is 0.341. The Bertz CT molecular complexity index is 2260. The zero-order valence-corrected chi connectivity index (χ0v) is 36.1. The largest absolute Gasteiger partial charge is 0.427 e. The molecule has 0 heterocycles. The molecule has 0 bridgehead atoms. The van der Waals surface area contributed by atoms with Crippen molar-refractivity contribution in [1.82, 2.24) is 14.9 Å². The number of sulfonamides is 1. The van der Waals surface area contributed by atoms with Crippen LogP contribution in [0.15, 0.2) is 117 Å². The van der Waals surface area contributed by atoms with Gasteiger partial charge >= 0.3 is 4.71 Å². The number of carbonyl (C=O) groups is 1. The van der Waals surface area contributed by atoms with E-state index in [2.05, 4.69) is 28.1 Å². The molecule has 0 saturated heterocycles. The van der Waals surface area contributed by atoms with Gasteiger partial charge in [0.2, 0.25) is 0 Å². The quantitative estimate of drug-likeness (QED) is 0.0388. The van der Waals surface area contributed by atoms with Gasteiger partial charge in [-0.2, -0.15) is 8.78 Å². The first-order chi connectivity index (χ1) is 27.5. The molecule has 10 nitrogen and oxygen atoms in total. The number of alkyl halides is 3. The number of benzene rings is 4. The van der Waals surface area contributed by atoms with Gasteiger partial charge in [-0.1, -0.05) is 47.5 Å². The number of hydrogen-bond donors (Lipinski definition) is 4. The topological polar surface area (TPSA) is 137 Å². The molecule has 17 heteroatoms. The van der Waals surface area contributed by atoms with Crippen molar-refractivity contribution in [3.05, 3.63) is 119 Å². The third-order valence-electron chi connectivity index (χ3n) is 9.45. The molecule has 4 aromatic rings. The molecule has 1 aliphatic rings. The van der Waals surface area contributed by atoms with E-state index in [1.54, 1.807) is 12.1 Å². The number of nitrogens with zero attached hydrogens (tertiary/aromatic N) is 1. The molecule has 0 saturated carbocycles. The van der Waals surface area contributed by atoms with Crippen molar-refractivity contribution in [1.29, 1.82) is 0 Å². The Morgan fingerprint density at radius 3 is 2.26 bits per heavy atom. The van der Waals surface area contributed by atoms with Crippen LogP contribution < -0.4 is 20.7 Å². The second kappa shape index (κ2) is 20.5. The Labute approximate surface area is 354 Å². The molecule has 4 aromatic carbocycles. The summed E-state index contributed by atoms with van der Waals surface area (Å²) in [5.74, 6) is -0.567. The number of halogens is 4. The highest BCUT2D eigenvalue weighted by Crippen LogP contribution is 2.38. The zero-order chi connectivity index (χ0) is 41.9. The molecular formula is C41H47Cl2F2N5O5S3. The maximum Gasteiger partial charge on any atom is 0.427 e. The highest BCUT2D eigenvalue weighted by atomic mass is 35.5. The van der Waals surface area contributed by atoms with Crippen LogP contribution >= 0.6 is 35.0 Å². The second-order valence-corrected chi connectivity index (χ2v) is 19.9. The Balaban J connectivity index is 1.22. The minimum Gasteiger partial charge on any atom is -0.384 e. The number of amides is 1. The molecular weight excluding hydrogens is 848 g/mol. The summed E-state index contributed by atoms with van der Waals surface area (Å²) in [6.45, 7) is 2.60. The summed E-state index contributed by atoms with van der Waals surface area (Å²) in [4.78, 5) is 14.2. The van der Waals surface area contributed by atoms with Crippen molar-refractivity contribution >= 4 is 77.7 Å². The van der Waals surface area contributed by atoms with Gasteiger partial charge < -0.3 is 20.9 Å². The molecule has 0 aliphatic heterocycles. The van der Waals surface area contributed by atoms with Crippen LogP contribution in [0.5, 0.6) is 0 Å². The van der Waals surface area contributed by atoms with E-state index in [4.69, 9.17) is 23.2 Å². The van der Waals surface area contributed by atoms with E-state index in [0.29, 0.717) is 48.6 Å². The van der Waals surface area contributed by atoms with Crippen LogP contribution in [-0.4, -0.2) is 84.4 Å². The van der Waals surface area contributed by atoms with Crippen LogP contribution in [0.4, 0.5) is 20.2 Å². The van der Waals surface area contributed by atoms with Gasteiger partial charge in [-0.15, -0.1) is 11.8 Å². The number of nitrogens with one attached hydrogen (secondary N) is 4. The second-order valence-electron chi connectivity index (χ2n) is 14.1. The van der Waals surface area contributed by atoms with Gasteiger partial charge in [-0.05, 0) is 142 Å². The highest BCUT2D eigenvalue weighted by Gasteiger charge is 2.46. The maximum absolute atomic E-state index is 14.4. The van der Waals surface area contributed by atoms with E-state index in [9.17, 15) is 30.4 Å². The lowest BCUT2D eigenvalue weighted by Gasteiger charge is -2.24. The summed E-state index contributed by atoms with van der Waals surface area (Å²) in [6, 6.07) is 25.8. The number of sulfone groups is 1. The molecule has 1 amide bonds. The van der Waals surface area contributed by atoms with E-state index in [0.717, 1.165) is 49.3 Å². The number of hydrogen-bond acceptors (Lipinski definition) is 10. The maximum atomic E-state index is 14.4. The number of carbonyl (C=O) groups excluding carboxylic acids is 1. The number of allylic oxidation sites excluding steroid dienone is 1. The van der Waals surface area contributed by atoms with Crippen LogP contribution in [0, 0.1) is 0 Å². The smallest absolute Gasteiger partial charge is 0.384 e. The Kier molecular flexibility index (Phi) is 16.1. The zero-order valence-electron chi connectivity index (χ0n) is 32.1. The summed E-state index contributed by atoms with van der Waals surface area (Å²) in [7, 11) is -6.61. The summed E-state index contributed by atoms with van der Waals surface area (Å²) in [6.07, 6.45) is 4.88. The molecule has 312 valence electrons.